The molecule has 2 amide bonds. The number of hydrogen-bond donors (Lipinski definition) is 2. The molecule has 2 N–H and O–H groups in total. The smallest absolute Gasteiger partial charge is 0.338 e. The highest BCUT2D eigenvalue weighted by atomic mass is 16.5. The van der Waals surface area contributed by atoms with Crippen molar-refractivity contribution in [3.8, 4) is 0 Å². The van der Waals surface area contributed by atoms with E-state index in [0.717, 1.165) is 30.4 Å². The minimum absolute atomic E-state index is 0.0986. The van der Waals surface area contributed by atoms with Crippen LogP contribution in [0.15, 0.2) is 42.5 Å². The fourth-order valence-corrected chi connectivity index (χ4v) is 3.13. The van der Waals surface area contributed by atoms with Crippen molar-refractivity contribution in [3.05, 3.63) is 59.2 Å². The van der Waals surface area contributed by atoms with E-state index in [1.54, 1.807) is 24.3 Å². The van der Waals surface area contributed by atoms with Gasteiger partial charge in [-0.2, -0.15) is 0 Å². The molecule has 0 fully saturated rings. The number of unbranched alkanes of at least 4 members (excludes halogenated alkanes) is 2. The van der Waals surface area contributed by atoms with Crippen molar-refractivity contribution in [2.24, 2.45) is 0 Å². The van der Waals surface area contributed by atoms with Gasteiger partial charge in [0.1, 0.15) is 0 Å². The standard InChI is InChI=1S/C26H32N2O6/c1-4-5-6-16-33-26(32)20-10-12-21(13-11-20)27-22(29)14-15-24(31)34-17-23(30)28-25-18(2)8-7-9-19(25)3/h7-13H,4-6,14-17H2,1-3H3,(H,27,29)(H,28,30). The fraction of sp³-hybridized carbons (Fsp3) is 0.385. The quantitative estimate of drug-likeness (QED) is 0.349. The molecule has 34 heavy (non-hydrogen) atoms. The summed E-state index contributed by atoms with van der Waals surface area (Å²) in [5.74, 6) is -1.88. The maximum atomic E-state index is 12.1. The molecule has 2 aromatic carbocycles. The minimum Gasteiger partial charge on any atom is -0.462 e. The molecular weight excluding hydrogens is 436 g/mol. The van der Waals surface area contributed by atoms with Crippen LogP contribution in [0.4, 0.5) is 11.4 Å². The van der Waals surface area contributed by atoms with Gasteiger partial charge in [0.05, 0.1) is 18.6 Å². The Hall–Kier alpha value is -3.68. The summed E-state index contributed by atoms with van der Waals surface area (Å²) < 4.78 is 10.2. The van der Waals surface area contributed by atoms with E-state index in [-0.39, 0.29) is 18.7 Å². The van der Waals surface area contributed by atoms with Crippen molar-refractivity contribution in [1.82, 2.24) is 0 Å². The van der Waals surface area contributed by atoms with E-state index >= 15 is 0 Å². The van der Waals surface area contributed by atoms with Gasteiger partial charge in [-0.25, -0.2) is 4.79 Å². The number of amides is 2. The Balaban J connectivity index is 1.69. The van der Waals surface area contributed by atoms with Crippen LogP contribution >= 0.6 is 0 Å². The third kappa shape index (κ3) is 9.05. The van der Waals surface area contributed by atoms with Crippen molar-refractivity contribution in [3.63, 3.8) is 0 Å². The van der Waals surface area contributed by atoms with Gasteiger partial charge in [0.15, 0.2) is 6.61 Å². The molecular formula is C26H32N2O6. The summed E-state index contributed by atoms with van der Waals surface area (Å²) in [4.78, 5) is 48.0. The summed E-state index contributed by atoms with van der Waals surface area (Å²) in [7, 11) is 0. The van der Waals surface area contributed by atoms with E-state index in [0.29, 0.717) is 23.5 Å². The van der Waals surface area contributed by atoms with Crippen LogP contribution in [0, 0.1) is 13.8 Å². The van der Waals surface area contributed by atoms with Crippen LogP contribution in [0.5, 0.6) is 0 Å². The first-order chi connectivity index (χ1) is 16.3. The molecule has 2 rings (SSSR count). The highest BCUT2D eigenvalue weighted by Crippen LogP contribution is 2.19. The van der Waals surface area contributed by atoms with Gasteiger partial charge in [-0.05, 0) is 55.7 Å². The van der Waals surface area contributed by atoms with Crippen LogP contribution in [-0.4, -0.2) is 37.0 Å². The van der Waals surface area contributed by atoms with Gasteiger partial charge in [-0.15, -0.1) is 0 Å². The summed E-state index contributed by atoms with van der Waals surface area (Å²) in [5.41, 5.74) is 3.41. The lowest BCUT2D eigenvalue weighted by atomic mass is 10.1. The number of aryl methyl sites for hydroxylation is 2. The van der Waals surface area contributed by atoms with Crippen molar-refractivity contribution in [2.45, 2.75) is 52.9 Å². The first-order valence-corrected chi connectivity index (χ1v) is 11.4. The van der Waals surface area contributed by atoms with Crippen LogP contribution in [0.25, 0.3) is 0 Å². The number of para-hydroxylation sites is 1. The van der Waals surface area contributed by atoms with Crippen LogP contribution in [0.3, 0.4) is 0 Å². The average Bonchev–Trinajstić information content (AvgIpc) is 2.82. The third-order valence-electron chi connectivity index (χ3n) is 5.05. The lowest BCUT2D eigenvalue weighted by Gasteiger charge is -2.11. The van der Waals surface area contributed by atoms with E-state index in [4.69, 9.17) is 9.47 Å². The predicted molar refractivity (Wildman–Crippen MR) is 130 cm³/mol. The van der Waals surface area contributed by atoms with Crippen molar-refractivity contribution in [1.29, 1.82) is 0 Å². The molecule has 0 heterocycles. The van der Waals surface area contributed by atoms with Crippen LogP contribution < -0.4 is 10.6 Å². The Morgan fingerprint density at radius 1 is 0.794 bits per heavy atom. The Kier molecular flexibility index (Phi) is 10.8. The Morgan fingerprint density at radius 2 is 1.47 bits per heavy atom. The van der Waals surface area contributed by atoms with Gasteiger partial charge in [0.2, 0.25) is 5.91 Å². The molecule has 0 saturated heterocycles. The molecule has 0 unspecified atom stereocenters. The van der Waals surface area contributed by atoms with Crippen LogP contribution in [0.1, 0.15) is 60.5 Å². The first kappa shape index (κ1) is 26.6. The summed E-state index contributed by atoms with van der Waals surface area (Å²) in [6.45, 7) is 5.78. The van der Waals surface area contributed by atoms with Gasteiger partial charge in [-0.1, -0.05) is 38.0 Å². The summed E-state index contributed by atoms with van der Waals surface area (Å²) in [6.07, 6.45) is 2.62. The Labute approximate surface area is 200 Å². The Bertz CT molecular complexity index is 981. The molecule has 2 aromatic rings. The van der Waals surface area contributed by atoms with E-state index in [1.807, 2.05) is 32.0 Å². The SMILES string of the molecule is CCCCCOC(=O)c1ccc(NC(=O)CCC(=O)OCC(=O)Nc2c(C)cccc2C)cc1. The number of anilines is 2. The second-order valence-electron chi connectivity index (χ2n) is 7.94. The monoisotopic (exact) mass is 468 g/mol. The number of hydrogen-bond acceptors (Lipinski definition) is 6. The molecule has 182 valence electrons. The zero-order chi connectivity index (χ0) is 24.9. The molecule has 0 aromatic heterocycles. The van der Waals surface area contributed by atoms with Crippen molar-refractivity contribution in [2.75, 3.05) is 23.8 Å². The van der Waals surface area contributed by atoms with E-state index in [2.05, 4.69) is 17.6 Å². The minimum atomic E-state index is -0.645. The zero-order valence-electron chi connectivity index (χ0n) is 19.9. The van der Waals surface area contributed by atoms with Crippen LogP contribution in [-0.2, 0) is 23.9 Å². The van der Waals surface area contributed by atoms with Gasteiger partial charge in [0, 0.05) is 17.8 Å². The third-order valence-corrected chi connectivity index (χ3v) is 5.05. The zero-order valence-corrected chi connectivity index (χ0v) is 19.9. The molecule has 0 aliphatic carbocycles. The largest absolute Gasteiger partial charge is 0.462 e. The van der Waals surface area contributed by atoms with Gasteiger partial charge in [-0.3, -0.25) is 14.4 Å². The number of ether oxygens (including phenoxy) is 2. The number of carbonyl (C=O) groups excluding carboxylic acids is 4. The molecule has 0 bridgehead atoms. The molecule has 0 aliphatic heterocycles. The second-order valence-corrected chi connectivity index (χ2v) is 7.94. The van der Waals surface area contributed by atoms with Crippen molar-refractivity contribution >= 4 is 35.1 Å². The maximum absolute atomic E-state index is 12.1. The first-order valence-electron chi connectivity index (χ1n) is 11.4. The fourth-order valence-electron chi connectivity index (χ4n) is 3.13. The number of nitrogens with one attached hydrogen (secondary N) is 2. The molecule has 0 spiro atoms. The molecule has 8 heteroatoms. The van der Waals surface area contributed by atoms with E-state index in [1.165, 1.54) is 0 Å². The van der Waals surface area contributed by atoms with Crippen LogP contribution in [0.2, 0.25) is 0 Å². The highest BCUT2D eigenvalue weighted by Gasteiger charge is 2.13. The summed E-state index contributed by atoms with van der Waals surface area (Å²) >= 11 is 0. The molecule has 0 atom stereocenters. The molecule has 0 saturated carbocycles. The molecule has 0 aliphatic rings. The average molecular weight is 469 g/mol. The van der Waals surface area contributed by atoms with Gasteiger partial charge >= 0.3 is 11.9 Å². The summed E-state index contributed by atoms with van der Waals surface area (Å²) in [5, 5.41) is 5.39. The van der Waals surface area contributed by atoms with Gasteiger partial charge < -0.3 is 20.1 Å². The van der Waals surface area contributed by atoms with Gasteiger partial charge in [0.25, 0.3) is 5.91 Å². The Morgan fingerprint density at radius 3 is 2.12 bits per heavy atom. The lowest BCUT2D eigenvalue weighted by Crippen LogP contribution is -2.22. The maximum Gasteiger partial charge on any atom is 0.338 e. The van der Waals surface area contributed by atoms with E-state index in [9.17, 15) is 19.2 Å². The normalized spacial score (nSPS) is 10.3. The topological polar surface area (TPSA) is 111 Å². The second kappa shape index (κ2) is 13.8. The van der Waals surface area contributed by atoms with Crippen molar-refractivity contribution < 1.29 is 28.7 Å². The van der Waals surface area contributed by atoms with E-state index < -0.39 is 24.5 Å². The molecule has 0 radical (unpaired) electrons. The molecule has 8 nitrogen and oxygen atoms in total. The number of rotatable bonds is 12. The number of esters is 2. The number of benzene rings is 2. The number of carbonyl (C=O) groups is 4. The predicted octanol–water partition coefficient (Wildman–Crippen LogP) is 4.55. The highest BCUT2D eigenvalue weighted by molar-refractivity contribution is 5.95. The summed E-state index contributed by atoms with van der Waals surface area (Å²) in [6, 6.07) is 12.0. The lowest BCUT2D eigenvalue weighted by molar-refractivity contribution is -0.147.